The number of anilines is 1. The predicted octanol–water partition coefficient (Wildman–Crippen LogP) is 3.26. The molecule has 1 fully saturated rings. The van der Waals surface area contributed by atoms with E-state index >= 15 is 0 Å². The molecule has 1 saturated heterocycles. The lowest BCUT2D eigenvalue weighted by Crippen LogP contribution is -2.42. The molecule has 1 amide bonds. The smallest absolute Gasteiger partial charge is 0.235 e. The molecule has 1 aromatic carbocycles. The van der Waals surface area contributed by atoms with Crippen LogP contribution in [0.25, 0.3) is 10.2 Å². The van der Waals surface area contributed by atoms with Crippen molar-refractivity contribution < 1.29 is 19.5 Å². The van der Waals surface area contributed by atoms with Crippen LogP contribution in [0.1, 0.15) is 23.5 Å². The molecule has 0 radical (unpaired) electrons. The van der Waals surface area contributed by atoms with Crippen LogP contribution in [-0.4, -0.2) is 58.4 Å². The molecule has 172 valence electrons. The second kappa shape index (κ2) is 9.64. The maximum Gasteiger partial charge on any atom is 0.235 e. The Hall–Kier alpha value is -2.73. The van der Waals surface area contributed by atoms with Gasteiger partial charge in [-0.1, -0.05) is 11.2 Å². The number of fused-ring (bicyclic) bond motifs is 2. The van der Waals surface area contributed by atoms with E-state index < -0.39 is 0 Å². The number of carbonyl (C=O) groups is 1. The monoisotopic (exact) mass is 485 g/mol. The van der Waals surface area contributed by atoms with Crippen LogP contribution in [0.4, 0.5) is 5.82 Å². The summed E-state index contributed by atoms with van der Waals surface area (Å²) < 4.78 is 12.4. The molecule has 0 aliphatic carbocycles. The van der Waals surface area contributed by atoms with Crippen LogP contribution < -0.4 is 15.4 Å². The SMILES string of the molecule is COc1cccc2sc(/C(=N/O)[C@@H]3CC[C@@H](NCc4ccc5c(n4)NC(=O)CS5)CO3)nc12. The largest absolute Gasteiger partial charge is 0.494 e. The average molecular weight is 486 g/mol. The summed E-state index contributed by atoms with van der Waals surface area (Å²) in [5, 5.41) is 20.2. The van der Waals surface area contributed by atoms with E-state index in [4.69, 9.17) is 9.47 Å². The fourth-order valence-electron chi connectivity index (χ4n) is 3.92. The number of methoxy groups -OCH3 is 1. The van der Waals surface area contributed by atoms with Crippen molar-refractivity contribution in [3.8, 4) is 5.75 Å². The molecular formula is C22H23N5O4S2. The Morgan fingerprint density at radius 1 is 1.33 bits per heavy atom. The molecule has 0 spiro atoms. The molecule has 3 aromatic rings. The van der Waals surface area contributed by atoms with Crippen molar-refractivity contribution in [1.82, 2.24) is 15.3 Å². The lowest BCUT2D eigenvalue weighted by Gasteiger charge is -2.29. The molecule has 2 aromatic heterocycles. The van der Waals surface area contributed by atoms with Crippen LogP contribution >= 0.6 is 23.1 Å². The van der Waals surface area contributed by atoms with Crippen molar-refractivity contribution in [3.63, 3.8) is 0 Å². The third-order valence-electron chi connectivity index (χ3n) is 5.61. The van der Waals surface area contributed by atoms with Gasteiger partial charge in [0.1, 0.15) is 33.9 Å². The maximum atomic E-state index is 11.6. The minimum absolute atomic E-state index is 0.0234. The second-order valence-corrected chi connectivity index (χ2v) is 9.82. The van der Waals surface area contributed by atoms with Gasteiger partial charge in [-0.15, -0.1) is 23.1 Å². The van der Waals surface area contributed by atoms with Crippen molar-refractivity contribution in [1.29, 1.82) is 0 Å². The van der Waals surface area contributed by atoms with Gasteiger partial charge in [0.25, 0.3) is 0 Å². The number of thiazole rings is 1. The van der Waals surface area contributed by atoms with Gasteiger partial charge in [0.15, 0.2) is 0 Å². The summed E-state index contributed by atoms with van der Waals surface area (Å²) in [5.41, 5.74) is 2.06. The van der Waals surface area contributed by atoms with E-state index in [2.05, 4.69) is 25.8 Å². The first-order valence-corrected chi connectivity index (χ1v) is 12.4. The zero-order valence-electron chi connectivity index (χ0n) is 17.9. The molecule has 9 nitrogen and oxygen atoms in total. The number of thioether (sulfide) groups is 1. The normalized spacial score (nSPS) is 21.0. The van der Waals surface area contributed by atoms with Gasteiger partial charge < -0.3 is 25.3 Å². The van der Waals surface area contributed by atoms with Crippen molar-refractivity contribution in [2.75, 3.05) is 24.8 Å². The lowest BCUT2D eigenvalue weighted by molar-refractivity contribution is -0.113. The van der Waals surface area contributed by atoms with Gasteiger partial charge in [0.05, 0.1) is 34.8 Å². The number of carbonyl (C=O) groups excluding carboxylic acids is 1. The summed E-state index contributed by atoms with van der Waals surface area (Å²) in [7, 11) is 1.61. The molecule has 0 saturated carbocycles. The number of aromatic nitrogens is 2. The van der Waals surface area contributed by atoms with Crippen LogP contribution in [-0.2, 0) is 16.1 Å². The first-order chi connectivity index (χ1) is 16.1. The van der Waals surface area contributed by atoms with Gasteiger partial charge in [-0.2, -0.15) is 0 Å². The number of para-hydroxylation sites is 1. The Balaban J connectivity index is 1.19. The Morgan fingerprint density at radius 3 is 3.03 bits per heavy atom. The highest BCUT2D eigenvalue weighted by Crippen LogP contribution is 2.32. The topological polar surface area (TPSA) is 118 Å². The van der Waals surface area contributed by atoms with E-state index in [-0.39, 0.29) is 18.1 Å². The molecule has 2 aliphatic heterocycles. The number of nitrogens with zero attached hydrogens (tertiary/aromatic N) is 3. The van der Waals surface area contributed by atoms with Gasteiger partial charge in [0, 0.05) is 12.6 Å². The summed E-state index contributed by atoms with van der Waals surface area (Å²) in [6.45, 7) is 1.06. The summed E-state index contributed by atoms with van der Waals surface area (Å²) in [5.74, 6) is 1.72. The average Bonchev–Trinajstić information content (AvgIpc) is 3.27. The fraction of sp³-hybridized carbons (Fsp3) is 0.364. The Morgan fingerprint density at radius 2 is 2.24 bits per heavy atom. The third-order valence-corrected chi connectivity index (χ3v) is 7.70. The highest BCUT2D eigenvalue weighted by atomic mass is 32.2. The number of ether oxygens (including phenoxy) is 2. The molecule has 3 N–H and O–H groups in total. The van der Waals surface area contributed by atoms with E-state index in [1.807, 2.05) is 30.3 Å². The molecule has 0 unspecified atom stereocenters. The van der Waals surface area contributed by atoms with E-state index in [1.54, 1.807) is 7.11 Å². The summed E-state index contributed by atoms with van der Waals surface area (Å²) >= 11 is 2.96. The molecule has 2 atom stereocenters. The zero-order chi connectivity index (χ0) is 22.8. The fourth-order valence-corrected chi connectivity index (χ4v) is 5.69. The summed E-state index contributed by atoms with van der Waals surface area (Å²) in [6.07, 6.45) is 1.23. The quantitative estimate of drug-likeness (QED) is 0.277. The maximum absolute atomic E-state index is 11.6. The first kappa shape index (κ1) is 22.1. The number of amides is 1. The number of rotatable bonds is 6. The van der Waals surface area contributed by atoms with Gasteiger partial charge in [-0.3, -0.25) is 4.79 Å². The van der Waals surface area contributed by atoms with Gasteiger partial charge in [0.2, 0.25) is 5.91 Å². The molecule has 4 heterocycles. The molecule has 33 heavy (non-hydrogen) atoms. The number of oxime groups is 1. The number of benzene rings is 1. The van der Waals surface area contributed by atoms with E-state index in [1.165, 1.54) is 23.1 Å². The lowest BCUT2D eigenvalue weighted by atomic mass is 10.0. The molecule has 5 rings (SSSR count). The highest BCUT2D eigenvalue weighted by Gasteiger charge is 2.29. The van der Waals surface area contributed by atoms with Crippen molar-refractivity contribution in [2.45, 2.75) is 36.4 Å². The second-order valence-electron chi connectivity index (χ2n) is 7.77. The minimum Gasteiger partial charge on any atom is -0.494 e. The number of pyridine rings is 1. The van der Waals surface area contributed by atoms with Gasteiger partial charge in [-0.25, -0.2) is 9.97 Å². The van der Waals surface area contributed by atoms with E-state index in [9.17, 15) is 10.0 Å². The molecule has 11 heteroatoms. The first-order valence-electron chi connectivity index (χ1n) is 10.6. The summed E-state index contributed by atoms with van der Waals surface area (Å²) in [6, 6.07) is 9.86. The van der Waals surface area contributed by atoms with Crippen molar-refractivity contribution >= 4 is 50.8 Å². The predicted molar refractivity (Wildman–Crippen MR) is 128 cm³/mol. The van der Waals surface area contributed by atoms with Crippen LogP contribution in [0.5, 0.6) is 5.75 Å². The van der Waals surface area contributed by atoms with Crippen molar-refractivity contribution in [3.05, 3.63) is 41.0 Å². The van der Waals surface area contributed by atoms with Crippen LogP contribution in [0.15, 0.2) is 40.4 Å². The Bertz CT molecular complexity index is 1210. The summed E-state index contributed by atoms with van der Waals surface area (Å²) in [4.78, 5) is 21.8. The van der Waals surface area contributed by atoms with Crippen LogP contribution in [0.2, 0.25) is 0 Å². The van der Waals surface area contributed by atoms with Gasteiger partial charge in [-0.05, 0) is 37.1 Å². The number of hydrogen-bond acceptors (Lipinski definition) is 10. The van der Waals surface area contributed by atoms with Crippen LogP contribution in [0.3, 0.4) is 0 Å². The van der Waals surface area contributed by atoms with Crippen molar-refractivity contribution in [2.24, 2.45) is 5.16 Å². The van der Waals surface area contributed by atoms with Gasteiger partial charge >= 0.3 is 0 Å². The van der Waals surface area contributed by atoms with E-state index in [0.717, 1.165) is 27.2 Å². The molecular weight excluding hydrogens is 462 g/mol. The minimum atomic E-state index is -0.325. The third kappa shape index (κ3) is 4.67. The highest BCUT2D eigenvalue weighted by molar-refractivity contribution is 8.00. The Labute approximate surface area is 198 Å². The molecule has 0 bridgehead atoms. The molecule has 2 aliphatic rings. The van der Waals surface area contributed by atoms with Crippen LogP contribution in [0, 0.1) is 0 Å². The van der Waals surface area contributed by atoms with E-state index in [0.29, 0.717) is 47.6 Å². The number of hydrogen-bond donors (Lipinski definition) is 3. The number of nitrogens with one attached hydrogen (secondary N) is 2. The standard InChI is InChI=1S/C22H23N5O4S2/c1-30-14-3-2-4-16-19(14)26-22(33-16)20(27-29)15-7-5-13(10-31-15)23-9-12-6-8-17-21(24-12)25-18(28)11-32-17/h2-4,6,8,13,15,23,29H,5,7,9-11H2,1H3,(H,24,25,28)/b27-20+/t13-,15+/m1/s1. The Kier molecular flexibility index (Phi) is 6.45. The zero-order valence-corrected chi connectivity index (χ0v) is 19.5.